The van der Waals surface area contributed by atoms with Crippen molar-refractivity contribution >= 4 is 22.8 Å². The number of anilines is 1. The summed E-state index contributed by atoms with van der Waals surface area (Å²) < 4.78 is 1.62. The van der Waals surface area contributed by atoms with Crippen LogP contribution < -0.4 is 5.32 Å². The first-order chi connectivity index (χ1) is 16.2. The van der Waals surface area contributed by atoms with Crippen molar-refractivity contribution < 1.29 is 4.79 Å². The maximum Gasteiger partial charge on any atom is 0.321 e. The number of aromatic nitrogens is 4. The van der Waals surface area contributed by atoms with E-state index in [1.54, 1.807) is 23.3 Å². The van der Waals surface area contributed by atoms with Crippen LogP contribution in [0, 0.1) is 0 Å². The lowest BCUT2D eigenvalue weighted by Gasteiger charge is -2.36. The van der Waals surface area contributed by atoms with E-state index in [1.807, 2.05) is 42.3 Å². The molecule has 1 aliphatic heterocycles. The predicted octanol–water partition coefficient (Wildman–Crippen LogP) is 3.94. The molecule has 4 aromatic rings. The number of urea groups is 1. The fourth-order valence-electron chi connectivity index (χ4n) is 4.25. The number of benzene rings is 2. The first-order valence-electron chi connectivity index (χ1n) is 11.2. The highest BCUT2D eigenvalue weighted by molar-refractivity contribution is 5.89. The highest BCUT2D eigenvalue weighted by Crippen LogP contribution is 2.19. The van der Waals surface area contributed by atoms with Crippen LogP contribution in [0.25, 0.3) is 16.9 Å². The maximum atomic E-state index is 12.8. The SMILES string of the molecule is CN(C(=O)Nc1cnn(-c2cnc3ccccc3n2)c1)C1CCN(Cc2ccccc2)CC1. The molecule has 33 heavy (non-hydrogen) atoms. The second-order valence-electron chi connectivity index (χ2n) is 8.42. The number of nitrogens with one attached hydrogen (secondary N) is 1. The van der Waals surface area contributed by atoms with Gasteiger partial charge in [-0.3, -0.25) is 9.88 Å². The van der Waals surface area contributed by atoms with Crippen molar-refractivity contribution in [3.05, 3.63) is 78.8 Å². The van der Waals surface area contributed by atoms with Gasteiger partial charge in [0.1, 0.15) is 0 Å². The lowest BCUT2D eigenvalue weighted by atomic mass is 10.0. The van der Waals surface area contributed by atoms with Gasteiger partial charge in [0.15, 0.2) is 5.82 Å². The topological polar surface area (TPSA) is 79.2 Å². The number of hydrogen-bond acceptors (Lipinski definition) is 5. The van der Waals surface area contributed by atoms with Crippen LogP contribution in [0.3, 0.4) is 0 Å². The quantitative estimate of drug-likeness (QED) is 0.507. The van der Waals surface area contributed by atoms with Gasteiger partial charge in [-0.25, -0.2) is 14.5 Å². The third kappa shape index (κ3) is 4.85. The third-order valence-electron chi connectivity index (χ3n) is 6.18. The van der Waals surface area contributed by atoms with Crippen molar-refractivity contribution in [2.45, 2.75) is 25.4 Å². The van der Waals surface area contributed by atoms with E-state index in [0.29, 0.717) is 11.5 Å². The summed E-state index contributed by atoms with van der Waals surface area (Å²) in [6, 6.07) is 18.3. The number of nitrogens with zero attached hydrogens (tertiary/aromatic N) is 6. The lowest BCUT2D eigenvalue weighted by molar-refractivity contribution is 0.137. The van der Waals surface area contributed by atoms with Crippen LogP contribution in [0.15, 0.2) is 73.2 Å². The Morgan fingerprint density at radius 1 is 1.03 bits per heavy atom. The number of rotatable bonds is 5. The molecule has 8 nitrogen and oxygen atoms in total. The second kappa shape index (κ2) is 9.38. The van der Waals surface area contributed by atoms with Gasteiger partial charge in [0.2, 0.25) is 0 Å². The minimum atomic E-state index is -0.124. The van der Waals surface area contributed by atoms with Crippen LogP contribution in [-0.4, -0.2) is 61.8 Å². The van der Waals surface area contributed by atoms with E-state index in [2.05, 4.69) is 49.5 Å². The first kappa shape index (κ1) is 21.1. The number of likely N-dealkylation sites (tertiary alicyclic amines) is 1. The zero-order chi connectivity index (χ0) is 22.6. The monoisotopic (exact) mass is 441 g/mol. The molecule has 1 aliphatic rings. The van der Waals surface area contributed by atoms with Crippen molar-refractivity contribution in [3.8, 4) is 5.82 Å². The Bertz CT molecular complexity index is 1230. The van der Waals surface area contributed by atoms with E-state index in [1.165, 1.54) is 5.56 Å². The molecular weight excluding hydrogens is 414 g/mol. The largest absolute Gasteiger partial charge is 0.325 e. The van der Waals surface area contributed by atoms with Crippen LogP contribution in [0.4, 0.5) is 10.5 Å². The van der Waals surface area contributed by atoms with Gasteiger partial charge in [-0.05, 0) is 30.5 Å². The summed E-state index contributed by atoms with van der Waals surface area (Å²) >= 11 is 0. The van der Waals surface area contributed by atoms with Gasteiger partial charge in [-0.15, -0.1) is 0 Å². The average Bonchev–Trinajstić information content (AvgIpc) is 3.33. The van der Waals surface area contributed by atoms with E-state index in [-0.39, 0.29) is 12.1 Å². The van der Waals surface area contributed by atoms with Gasteiger partial charge in [0.25, 0.3) is 0 Å². The molecule has 2 amide bonds. The molecule has 1 saturated heterocycles. The molecule has 1 fully saturated rings. The predicted molar refractivity (Wildman–Crippen MR) is 128 cm³/mol. The third-order valence-corrected chi connectivity index (χ3v) is 6.18. The molecule has 1 N–H and O–H groups in total. The van der Waals surface area contributed by atoms with E-state index in [4.69, 9.17) is 0 Å². The van der Waals surface area contributed by atoms with Gasteiger partial charge < -0.3 is 10.2 Å². The summed E-state index contributed by atoms with van der Waals surface area (Å²) in [6.07, 6.45) is 6.99. The molecule has 5 rings (SSSR count). The van der Waals surface area contributed by atoms with Crippen molar-refractivity contribution in [2.75, 3.05) is 25.5 Å². The van der Waals surface area contributed by atoms with Crippen LogP contribution >= 0.6 is 0 Å². The first-order valence-corrected chi connectivity index (χ1v) is 11.2. The normalized spacial score (nSPS) is 14.9. The highest BCUT2D eigenvalue weighted by atomic mass is 16.2. The Hall–Kier alpha value is -3.78. The standard InChI is InChI=1S/C25H27N7O/c1-30(21-11-13-31(14-12-21)17-19-7-3-2-4-8-19)25(33)28-20-15-27-32(18-20)24-16-26-22-9-5-6-10-23(22)29-24/h2-10,15-16,18,21H,11-14,17H2,1H3,(H,28,33). The minimum absolute atomic E-state index is 0.124. The van der Waals surface area contributed by atoms with Crippen LogP contribution in [0.1, 0.15) is 18.4 Å². The molecule has 0 radical (unpaired) electrons. The summed E-state index contributed by atoms with van der Waals surface area (Å²) in [7, 11) is 1.87. The van der Waals surface area contributed by atoms with Crippen molar-refractivity contribution in [3.63, 3.8) is 0 Å². The number of carbonyl (C=O) groups excluding carboxylic acids is 1. The summed E-state index contributed by atoms with van der Waals surface area (Å²) in [4.78, 5) is 26.1. The van der Waals surface area contributed by atoms with E-state index >= 15 is 0 Å². The Morgan fingerprint density at radius 2 is 1.76 bits per heavy atom. The zero-order valence-electron chi connectivity index (χ0n) is 18.6. The summed E-state index contributed by atoms with van der Waals surface area (Å²) in [6.45, 7) is 2.92. The molecule has 0 atom stereocenters. The highest BCUT2D eigenvalue weighted by Gasteiger charge is 2.25. The zero-order valence-corrected chi connectivity index (χ0v) is 18.6. The molecule has 2 aromatic heterocycles. The number of piperidine rings is 1. The molecule has 0 spiro atoms. The van der Waals surface area contributed by atoms with Gasteiger partial charge in [-0.1, -0.05) is 42.5 Å². The fourth-order valence-corrected chi connectivity index (χ4v) is 4.25. The molecule has 3 heterocycles. The van der Waals surface area contributed by atoms with Gasteiger partial charge in [0.05, 0.1) is 35.3 Å². The van der Waals surface area contributed by atoms with E-state index in [9.17, 15) is 4.79 Å². The number of fused-ring (bicyclic) bond motifs is 1. The Morgan fingerprint density at radius 3 is 2.55 bits per heavy atom. The number of amides is 2. The molecule has 0 aliphatic carbocycles. The van der Waals surface area contributed by atoms with Crippen LogP contribution in [-0.2, 0) is 6.54 Å². The molecule has 168 valence electrons. The number of hydrogen-bond donors (Lipinski definition) is 1. The Labute approximate surface area is 192 Å². The fraction of sp³-hybridized carbons (Fsp3) is 0.280. The van der Waals surface area contributed by atoms with Crippen LogP contribution in [0.2, 0.25) is 0 Å². The van der Waals surface area contributed by atoms with Crippen molar-refractivity contribution in [2.24, 2.45) is 0 Å². The van der Waals surface area contributed by atoms with Gasteiger partial charge >= 0.3 is 6.03 Å². The molecule has 0 bridgehead atoms. The van der Waals surface area contributed by atoms with Crippen molar-refractivity contribution in [1.29, 1.82) is 0 Å². The lowest BCUT2D eigenvalue weighted by Crippen LogP contribution is -2.46. The van der Waals surface area contributed by atoms with Gasteiger partial charge in [0, 0.05) is 32.7 Å². The molecule has 0 saturated carbocycles. The summed E-state index contributed by atoms with van der Waals surface area (Å²) in [5.41, 5.74) is 3.59. The number of carbonyl (C=O) groups is 1. The molecular formula is C25H27N7O. The molecule has 8 heteroatoms. The van der Waals surface area contributed by atoms with E-state index < -0.39 is 0 Å². The average molecular weight is 442 g/mol. The smallest absolute Gasteiger partial charge is 0.321 e. The number of para-hydroxylation sites is 2. The van der Waals surface area contributed by atoms with Crippen LogP contribution in [0.5, 0.6) is 0 Å². The Balaban J connectivity index is 1.16. The summed E-state index contributed by atoms with van der Waals surface area (Å²) in [5, 5.41) is 7.30. The summed E-state index contributed by atoms with van der Waals surface area (Å²) in [5.74, 6) is 0.605. The minimum Gasteiger partial charge on any atom is -0.325 e. The van der Waals surface area contributed by atoms with Crippen molar-refractivity contribution in [1.82, 2.24) is 29.5 Å². The molecule has 2 aromatic carbocycles. The second-order valence-corrected chi connectivity index (χ2v) is 8.42. The molecule has 0 unspecified atom stereocenters. The maximum absolute atomic E-state index is 12.8. The Kier molecular flexibility index (Phi) is 5.99. The van der Waals surface area contributed by atoms with Gasteiger partial charge in [-0.2, -0.15) is 5.10 Å². The van der Waals surface area contributed by atoms with E-state index in [0.717, 1.165) is 43.5 Å².